The van der Waals surface area contributed by atoms with Crippen LogP contribution in [0, 0.1) is 0 Å². The van der Waals surface area contributed by atoms with Gasteiger partial charge in [-0.25, -0.2) is 19.4 Å². The van der Waals surface area contributed by atoms with Crippen molar-refractivity contribution in [3.63, 3.8) is 0 Å². The summed E-state index contributed by atoms with van der Waals surface area (Å²) < 4.78 is 23.9. The van der Waals surface area contributed by atoms with Crippen molar-refractivity contribution in [2.75, 3.05) is 11.9 Å². The number of fused-ring (bicyclic) bond motifs is 5. The van der Waals surface area contributed by atoms with Crippen molar-refractivity contribution in [1.82, 2.24) is 14.9 Å². The molecule has 2 aliphatic heterocycles. The molecule has 0 saturated carbocycles. The molecule has 2 N–H and O–H groups in total. The highest BCUT2D eigenvalue weighted by Crippen LogP contribution is 2.41. The van der Waals surface area contributed by atoms with Crippen molar-refractivity contribution in [3.8, 4) is 11.4 Å². The van der Waals surface area contributed by atoms with Crippen molar-refractivity contribution in [3.05, 3.63) is 51.3 Å². The summed E-state index contributed by atoms with van der Waals surface area (Å²) >= 11 is 0. The van der Waals surface area contributed by atoms with Gasteiger partial charge >= 0.3 is 24.1 Å². The second kappa shape index (κ2) is 14.6. The van der Waals surface area contributed by atoms with Crippen LogP contribution < -0.4 is 21.4 Å². The lowest BCUT2D eigenvalue weighted by Crippen LogP contribution is -2.47. The normalized spacial score (nSPS) is 16.6. The Morgan fingerprint density at radius 3 is 2.30 bits per heavy atom. The number of pyridine rings is 2. The largest absolute Gasteiger partial charge is 0.457 e. The smallest absolute Gasteiger partial charge is 0.412 e. The number of hydrogen-bond acceptors (Lipinski definition) is 10. The molecule has 1 unspecified atom stereocenters. The number of hydrogen-bond donors (Lipinski definition) is 2. The number of esters is 2. The lowest BCUT2D eigenvalue weighted by Gasteiger charge is -2.35. The van der Waals surface area contributed by atoms with Crippen LogP contribution in [0.4, 0.5) is 15.3 Å². The number of nitrogens with zero attached hydrogens (tertiary/aromatic N) is 2. The number of alkyl carbamates (subject to hydrolysis) is 1. The van der Waals surface area contributed by atoms with E-state index in [1.54, 1.807) is 65.2 Å². The minimum atomic E-state index is -2.17. The third-order valence-corrected chi connectivity index (χ3v) is 13.0. The first-order chi connectivity index (χ1) is 24.7. The molecular weight excluding hydrogens is 697 g/mol. The van der Waals surface area contributed by atoms with E-state index in [0.29, 0.717) is 28.2 Å². The number of carbonyl (C=O) groups excluding carboxylic acids is 4. The van der Waals surface area contributed by atoms with E-state index in [1.165, 1.54) is 0 Å². The van der Waals surface area contributed by atoms with E-state index in [9.17, 15) is 24.0 Å². The van der Waals surface area contributed by atoms with Crippen molar-refractivity contribution >= 4 is 54.0 Å². The number of aromatic nitrogens is 2. The SMILES string of the molecule is CCC[Si](C)(C)c1c2c(nc3ccc(NC(=O)OC(C)(C)C)cc13)-c1cc3c(c(=O)n1C2)COC(=O)C3(CC)OC(=O)CCCNC(=O)OC(C)(C)C. The van der Waals surface area contributed by atoms with Gasteiger partial charge in [0.15, 0.2) is 0 Å². The van der Waals surface area contributed by atoms with Crippen LogP contribution in [0.1, 0.15) is 97.8 Å². The Bertz CT molecular complexity index is 2030. The van der Waals surface area contributed by atoms with Gasteiger partial charge < -0.3 is 28.8 Å². The van der Waals surface area contributed by atoms with Crippen molar-refractivity contribution < 1.29 is 38.1 Å². The summed E-state index contributed by atoms with van der Waals surface area (Å²) in [5, 5.41) is 7.52. The van der Waals surface area contributed by atoms with Crippen LogP contribution >= 0.6 is 0 Å². The fourth-order valence-electron chi connectivity index (χ4n) is 7.24. The van der Waals surface area contributed by atoms with Gasteiger partial charge in [0, 0.05) is 29.6 Å². The lowest BCUT2D eigenvalue weighted by molar-refractivity contribution is -0.189. The highest BCUT2D eigenvalue weighted by molar-refractivity contribution is 6.91. The van der Waals surface area contributed by atoms with Crippen LogP contribution in [-0.4, -0.2) is 59.5 Å². The number of amides is 2. The quantitative estimate of drug-likeness (QED) is 0.0781. The summed E-state index contributed by atoms with van der Waals surface area (Å²) in [6, 6.07) is 8.31. The summed E-state index contributed by atoms with van der Waals surface area (Å²) in [5.74, 6) is -1.41. The topological polar surface area (TPSA) is 164 Å². The average Bonchev–Trinajstić information content (AvgIpc) is 3.39. The molecule has 0 saturated heterocycles. The fraction of sp³-hybridized carbons (Fsp3) is 0.538. The predicted octanol–water partition coefficient (Wildman–Crippen LogP) is 6.61. The van der Waals surface area contributed by atoms with Crippen LogP contribution in [0.15, 0.2) is 29.1 Å². The second-order valence-electron chi connectivity index (χ2n) is 16.4. The highest BCUT2D eigenvalue weighted by atomic mass is 28.3. The standard InChI is InChI=1S/C39H52N4O9Si/c1-11-18-53(9,10)32-24-19-23(41-36(48)52-38(6,7)8)15-16-28(24)42-31-25(32)21-43-29(31)20-27-26(33(43)45)22-49-34(46)39(27,12-2)50-30(44)14-13-17-40-35(47)51-37(3,4)5/h15-16,19-20H,11-14,17-18,21-22H2,1-10H3,(H,40,47)(H,41,48). The van der Waals surface area contributed by atoms with E-state index in [2.05, 4.69) is 30.7 Å². The first-order valence-electron chi connectivity index (χ1n) is 18.3. The summed E-state index contributed by atoms with van der Waals surface area (Å²) in [4.78, 5) is 70.9. The molecule has 14 heteroatoms. The third kappa shape index (κ3) is 8.27. The molecular formula is C39H52N4O9Si. The van der Waals surface area contributed by atoms with Gasteiger partial charge in [0.1, 0.15) is 17.8 Å². The maximum atomic E-state index is 14.3. The number of ether oxygens (including phenoxy) is 4. The molecule has 0 fully saturated rings. The molecule has 1 aromatic carbocycles. The molecule has 53 heavy (non-hydrogen) atoms. The van der Waals surface area contributed by atoms with Crippen molar-refractivity contribution in [2.45, 2.75) is 130 Å². The Kier molecular flexibility index (Phi) is 10.9. The molecule has 1 atom stereocenters. The average molecular weight is 749 g/mol. The number of rotatable bonds is 10. The number of nitrogens with one attached hydrogen (secondary N) is 2. The van der Waals surface area contributed by atoms with Crippen molar-refractivity contribution in [2.24, 2.45) is 0 Å². The van der Waals surface area contributed by atoms with Gasteiger partial charge in [-0.1, -0.05) is 39.4 Å². The van der Waals surface area contributed by atoms with Crippen LogP contribution in [0.5, 0.6) is 0 Å². The zero-order valence-electron chi connectivity index (χ0n) is 32.5. The van der Waals surface area contributed by atoms with E-state index in [1.807, 2.05) is 12.1 Å². The highest BCUT2D eigenvalue weighted by Gasteiger charge is 2.50. The number of anilines is 1. The molecule has 2 aromatic heterocycles. The summed E-state index contributed by atoms with van der Waals surface area (Å²) in [6.45, 7) is 19.3. The molecule has 286 valence electrons. The van der Waals surface area contributed by atoms with Gasteiger partial charge in [0.25, 0.3) is 5.56 Å². The van der Waals surface area contributed by atoms with E-state index in [-0.39, 0.29) is 50.1 Å². The van der Waals surface area contributed by atoms with E-state index >= 15 is 0 Å². The molecule has 0 aliphatic carbocycles. The van der Waals surface area contributed by atoms with Gasteiger partial charge in [-0.3, -0.25) is 14.9 Å². The Morgan fingerprint density at radius 2 is 1.66 bits per heavy atom. The number of carbonyl (C=O) groups is 4. The summed E-state index contributed by atoms with van der Waals surface area (Å²) in [5.41, 5.74) is 0.443. The molecule has 0 radical (unpaired) electrons. The maximum Gasteiger partial charge on any atom is 0.412 e. The minimum absolute atomic E-state index is 0.0384. The molecule has 2 aliphatic rings. The van der Waals surface area contributed by atoms with Gasteiger partial charge in [-0.05, 0) is 89.4 Å². The molecule has 13 nitrogen and oxygen atoms in total. The number of cyclic esters (lactones) is 1. The molecule has 0 spiro atoms. The van der Waals surface area contributed by atoms with Crippen molar-refractivity contribution in [1.29, 1.82) is 0 Å². The first-order valence-corrected chi connectivity index (χ1v) is 21.5. The Labute approximate surface area is 311 Å². The molecule has 3 aromatic rings. The Balaban J connectivity index is 1.54. The second-order valence-corrected chi connectivity index (χ2v) is 21.2. The molecule has 5 rings (SSSR count). The molecule has 0 bridgehead atoms. The van der Waals surface area contributed by atoms with E-state index < -0.39 is 49.0 Å². The van der Waals surface area contributed by atoms with Crippen LogP contribution in [0.25, 0.3) is 22.3 Å². The zero-order chi connectivity index (χ0) is 39.1. The summed E-state index contributed by atoms with van der Waals surface area (Å²) in [6.07, 6.45) is -0.000254. The third-order valence-electron chi connectivity index (χ3n) is 9.37. The van der Waals surface area contributed by atoms with Gasteiger partial charge in [-0.2, -0.15) is 0 Å². The van der Waals surface area contributed by atoms with E-state index in [4.69, 9.17) is 23.9 Å². The fourth-order valence-corrected chi connectivity index (χ4v) is 10.7. The molecule has 4 heterocycles. The van der Waals surface area contributed by atoms with Gasteiger partial charge in [-0.15, -0.1) is 0 Å². The maximum absolute atomic E-state index is 14.3. The summed E-state index contributed by atoms with van der Waals surface area (Å²) in [7, 11) is -2.17. The Morgan fingerprint density at radius 1 is 0.981 bits per heavy atom. The minimum Gasteiger partial charge on any atom is -0.457 e. The van der Waals surface area contributed by atoms with Crippen LogP contribution in [0.2, 0.25) is 19.1 Å². The number of benzene rings is 1. The van der Waals surface area contributed by atoms with Crippen LogP contribution in [0.3, 0.4) is 0 Å². The van der Waals surface area contributed by atoms with Crippen LogP contribution in [-0.2, 0) is 47.3 Å². The zero-order valence-corrected chi connectivity index (χ0v) is 33.5. The first kappa shape index (κ1) is 39.5. The van der Waals surface area contributed by atoms with E-state index in [0.717, 1.165) is 28.6 Å². The lowest BCUT2D eigenvalue weighted by atomic mass is 9.85. The van der Waals surface area contributed by atoms with Gasteiger partial charge in [0.2, 0.25) is 5.60 Å². The predicted molar refractivity (Wildman–Crippen MR) is 204 cm³/mol. The monoisotopic (exact) mass is 748 g/mol. The molecule has 2 amide bonds. The Hall–Kier alpha value is -4.72. The van der Waals surface area contributed by atoms with Gasteiger partial charge in [0.05, 0.1) is 37.1 Å².